The molecule has 1 spiro atoms. The van der Waals surface area contributed by atoms with Crippen LogP contribution in [-0.2, 0) is 41.7 Å². The molecule has 2 fully saturated rings. The third-order valence-electron chi connectivity index (χ3n) is 9.01. The lowest BCUT2D eigenvalue weighted by Crippen LogP contribution is -2.62. The van der Waals surface area contributed by atoms with Gasteiger partial charge in [0.1, 0.15) is 18.0 Å². The fraction of sp³-hybridized carbons (Fsp3) is 0.486. The third kappa shape index (κ3) is 7.08. The quantitative estimate of drug-likeness (QED) is 0.144. The zero-order chi connectivity index (χ0) is 34.5. The maximum absolute atomic E-state index is 15.1. The van der Waals surface area contributed by atoms with Crippen LogP contribution in [0.5, 0.6) is 5.75 Å². The maximum atomic E-state index is 15.1. The number of halogens is 4. The van der Waals surface area contributed by atoms with E-state index in [0.29, 0.717) is 18.4 Å². The lowest BCUT2D eigenvalue weighted by molar-refractivity contribution is -0.405. The minimum Gasteiger partial charge on any atom is -0.483 e. The highest BCUT2D eigenvalue weighted by atomic mass is 32.2. The molecule has 0 radical (unpaired) electrons. The largest absolute Gasteiger partial charge is 0.483 e. The van der Waals surface area contributed by atoms with Crippen LogP contribution in [0.3, 0.4) is 0 Å². The van der Waals surface area contributed by atoms with Crippen molar-refractivity contribution < 1.29 is 44.7 Å². The van der Waals surface area contributed by atoms with E-state index in [0.717, 1.165) is 33.6 Å². The number of benzene rings is 3. The van der Waals surface area contributed by atoms with Gasteiger partial charge in [-0.1, -0.05) is 52.2 Å². The summed E-state index contributed by atoms with van der Waals surface area (Å²) >= 11 is 0. The molecule has 3 aromatic carbocycles. The summed E-state index contributed by atoms with van der Waals surface area (Å²) in [4.78, 5) is 2.69. The normalized spacial score (nSPS) is 22.9. The molecule has 1 aliphatic carbocycles. The molecule has 5 rings (SSSR count). The van der Waals surface area contributed by atoms with Gasteiger partial charge >= 0.3 is 15.4 Å². The smallest absolute Gasteiger partial charge is 0.405 e. The fourth-order valence-electron chi connectivity index (χ4n) is 6.10. The summed E-state index contributed by atoms with van der Waals surface area (Å²) in [6.07, 6.45) is 0.654. The van der Waals surface area contributed by atoms with Crippen LogP contribution >= 0.6 is 0 Å². The number of alkyl halides is 4. The topological polar surface area (TPSA) is 82.1 Å². The molecular formula is C35H41F4O6S2+. The molecule has 47 heavy (non-hydrogen) atoms. The summed E-state index contributed by atoms with van der Waals surface area (Å²) in [5.74, 6) is -4.45. The van der Waals surface area contributed by atoms with E-state index in [9.17, 15) is 17.2 Å². The van der Waals surface area contributed by atoms with E-state index in [1.807, 2.05) is 36.4 Å². The van der Waals surface area contributed by atoms with Crippen molar-refractivity contribution in [3.63, 3.8) is 0 Å². The Kier molecular flexibility index (Phi) is 9.61. The summed E-state index contributed by atoms with van der Waals surface area (Å²) < 4.78 is 107. The van der Waals surface area contributed by atoms with Gasteiger partial charge in [-0.05, 0) is 98.3 Å². The van der Waals surface area contributed by atoms with E-state index >= 15 is 8.78 Å². The standard InChI is InChI=1S/C35H40F4O6S2/c1-24(35(38,39)47(40,41)42)44-27-13-19-30(20-14-27)46(28-15-9-25(10-16-28)31(2,3)4)29-17-11-26(12-18-29)32(5)43-23-34(36,37)33(45-32)21-7-6-8-22-33/h9-20,24H,6-8,21-23H2,1-5H3/p+1. The van der Waals surface area contributed by atoms with Crippen LogP contribution in [0.1, 0.15) is 77.8 Å². The van der Waals surface area contributed by atoms with Crippen LogP contribution in [-0.4, -0.2) is 42.5 Å². The van der Waals surface area contributed by atoms with Gasteiger partial charge in [-0.15, -0.1) is 0 Å². The summed E-state index contributed by atoms with van der Waals surface area (Å²) in [7, 11) is -6.36. The van der Waals surface area contributed by atoms with E-state index in [1.54, 1.807) is 19.1 Å². The Hall–Kier alpha value is -2.64. The van der Waals surface area contributed by atoms with Gasteiger partial charge in [0, 0.05) is 5.56 Å². The Balaban J connectivity index is 1.47. The predicted octanol–water partition coefficient (Wildman–Crippen LogP) is 8.89. The van der Waals surface area contributed by atoms with Crippen molar-refractivity contribution in [2.75, 3.05) is 6.61 Å². The Morgan fingerprint density at radius 2 is 1.34 bits per heavy atom. The fourth-order valence-corrected chi connectivity index (χ4v) is 8.61. The van der Waals surface area contributed by atoms with Gasteiger partial charge in [0.05, 0.1) is 10.9 Å². The van der Waals surface area contributed by atoms with Crippen molar-refractivity contribution in [1.29, 1.82) is 0 Å². The first-order valence-corrected chi connectivity index (χ1v) is 18.2. The first-order valence-electron chi connectivity index (χ1n) is 15.6. The SMILES string of the molecule is CC(Oc1ccc([S+](c2ccc(C(C)(C)C)cc2)c2ccc(C3(C)OCC(F)(F)C4(CCCCC4)O3)cc2)cc1)C(F)(F)S(=O)(=O)O. The van der Waals surface area contributed by atoms with Crippen LogP contribution in [0.25, 0.3) is 0 Å². The third-order valence-corrected chi connectivity index (χ3v) is 12.3. The molecule has 2 aliphatic rings. The lowest BCUT2D eigenvalue weighted by atomic mass is 9.78. The van der Waals surface area contributed by atoms with Crippen molar-refractivity contribution in [2.24, 2.45) is 0 Å². The number of ether oxygens (including phenoxy) is 3. The van der Waals surface area contributed by atoms with Crippen LogP contribution in [0.2, 0.25) is 0 Å². The summed E-state index contributed by atoms with van der Waals surface area (Å²) in [5, 5.41) is -4.50. The van der Waals surface area contributed by atoms with Crippen molar-refractivity contribution >= 4 is 21.0 Å². The van der Waals surface area contributed by atoms with Crippen molar-refractivity contribution in [3.8, 4) is 5.75 Å². The van der Waals surface area contributed by atoms with Crippen molar-refractivity contribution in [3.05, 3.63) is 83.9 Å². The van der Waals surface area contributed by atoms with E-state index in [4.69, 9.17) is 18.8 Å². The van der Waals surface area contributed by atoms with Gasteiger partial charge in [-0.3, -0.25) is 4.55 Å². The van der Waals surface area contributed by atoms with Gasteiger partial charge in [0.2, 0.25) is 0 Å². The van der Waals surface area contributed by atoms with Crippen LogP contribution < -0.4 is 4.74 Å². The van der Waals surface area contributed by atoms with Gasteiger partial charge in [-0.2, -0.15) is 17.2 Å². The van der Waals surface area contributed by atoms with Gasteiger partial charge in [0.25, 0.3) is 5.92 Å². The van der Waals surface area contributed by atoms with Crippen LogP contribution in [0.4, 0.5) is 17.6 Å². The maximum Gasteiger partial charge on any atom is 0.405 e. The monoisotopic (exact) mass is 697 g/mol. The van der Waals surface area contributed by atoms with Gasteiger partial charge in [-0.25, -0.2) is 8.78 Å². The molecule has 1 saturated heterocycles. The number of rotatable bonds is 8. The Morgan fingerprint density at radius 3 is 1.83 bits per heavy atom. The molecule has 256 valence electrons. The highest BCUT2D eigenvalue weighted by Gasteiger charge is 2.62. The Morgan fingerprint density at radius 1 is 0.851 bits per heavy atom. The number of hydrogen-bond acceptors (Lipinski definition) is 5. The first-order chi connectivity index (χ1) is 21.8. The summed E-state index contributed by atoms with van der Waals surface area (Å²) in [5.41, 5.74) is 0.125. The zero-order valence-electron chi connectivity index (χ0n) is 27.1. The molecule has 1 N–H and O–H groups in total. The summed E-state index contributed by atoms with van der Waals surface area (Å²) in [6.45, 7) is 8.18. The molecular weight excluding hydrogens is 657 g/mol. The predicted molar refractivity (Wildman–Crippen MR) is 172 cm³/mol. The molecule has 12 heteroatoms. The van der Waals surface area contributed by atoms with Crippen molar-refractivity contribution in [1.82, 2.24) is 0 Å². The van der Waals surface area contributed by atoms with Crippen LogP contribution in [0.15, 0.2) is 87.5 Å². The molecule has 3 unspecified atom stereocenters. The average Bonchev–Trinajstić information content (AvgIpc) is 3.00. The zero-order valence-corrected chi connectivity index (χ0v) is 28.7. The molecule has 3 aromatic rings. The Bertz CT molecular complexity index is 1650. The second-order valence-corrected chi connectivity index (χ2v) is 17.0. The number of hydrogen-bond donors (Lipinski definition) is 1. The molecule has 1 heterocycles. The minimum absolute atomic E-state index is 0.000446. The van der Waals surface area contributed by atoms with E-state index in [-0.39, 0.29) is 24.0 Å². The minimum atomic E-state index is -5.67. The molecule has 0 amide bonds. The first kappa shape index (κ1) is 35.7. The highest BCUT2D eigenvalue weighted by Crippen LogP contribution is 2.52. The second kappa shape index (κ2) is 12.7. The average molecular weight is 698 g/mol. The van der Waals surface area contributed by atoms with E-state index in [2.05, 4.69) is 32.9 Å². The molecule has 6 nitrogen and oxygen atoms in total. The molecule has 1 aliphatic heterocycles. The van der Waals surface area contributed by atoms with Crippen LogP contribution in [0, 0.1) is 0 Å². The molecule has 1 saturated carbocycles. The highest BCUT2D eigenvalue weighted by molar-refractivity contribution is 7.97. The lowest BCUT2D eigenvalue weighted by Gasteiger charge is -2.52. The molecule has 3 atom stereocenters. The second-order valence-electron chi connectivity index (χ2n) is 13.5. The molecule has 0 bridgehead atoms. The summed E-state index contributed by atoms with van der Waals surface area (Å²) in [6, 6.07) is 22.1. The molecule has 0 aromatic heterocycles. The van der Waals surface area contributed by atoms with Gasteiger partial charge in [0.15, 0.2) is 26.6 Å². The van der Waals surface area contributed by atoms with E-state index in [1.165, 1.54) is 12.1 Å². The van der Waals surface area contributed by atoms with Crippen molar-refractivity contribution in [2.45, 2.75) is 115 Å². The van der Waals surface area contributed by atoms with Gasteiger partial charge < -0.3 is 14.2 Å². The van der Waals surface area contributed by atoms with E-state index < -0.39 is 56.3 Å². The Labute approximate surface area is 276 Å².